The van der Waals surface area contributed by atoms with Crippen molar-refractivity contribution in [2.75, 3.05) is 55.6 Å². The number of nitrogens with zero attached hydrogens (tertiary/aromatic N) is 4. The van der Waals surface area contributed by atoms with Gasteiger partial charge in [0.05, 0.1) is 10.5 Å². The van der Waals surface area contributed by atoms with Gasteiger partial charge < -0.3 is 14.7 Å². The standard InChI is InChI=1S/C27H34F4N4O2S/c1-20-19-34(26-8-7-21(28)17-25(26)27(29,30)31)15-16-35(20)38(36,37)24-6-4-5-23(18-24)33-13-9-22(10-14-33)32-11-2-3-12-32/h4-8,17-18,20,22H,2-3,9-16,19H2,1H3/t20-/m1/s1. The Morgan fingerprint density at radius 3 is 2.24 bits per heavy atom. The van der Waals surface area contributed by atoms with E-state index in [0.29, 0.717) is 12.1 Å². The minimum Gasteiger partial charge on any atom is -0.371 e. The molecule has 0 spiro atoms. The van der Waals surface area contributed by atoms with Crippen LogP contribution < -0.4 is 9.80 Å². The molecule has 0 N–H and O–H groups in total. The minimum absolute atomic E-state index is 0.0314. The molecule has 3 saturated heterocycles. The first-order valence-corrected chi connectivity index (χ1v) is 14.7. The second kappa shape index (κ2) is 10.7. The molecule has 0 bridgehead atoms. The molecule has 0 saturated carbocycles. The highest BCUT2D eigenvalue weighted by atomic mass is 32.2. The van der Waals surface area contributed by atoms with Crippen molar-refractivity contribution in [1.29, 1.82) is 0 Å². The molecule has 3 aliphatic heterocycles. The largest absolute Gasteiger partial charge is 0.418 e. The Bertz CT molecular complexity index is 1240. The summed E-state index contributed by atoms with van der Waals surface area (Å²) in [6, 6.07) is 9.61. The van der Waals surface area contributed by atoms with Crippen LogP contribution in [0.5, 0.6) is 0 Å². The van der Waals surface area contributed by atoms with Crippen LogP contribution in [0.25, 0.3) is 0 Å². The number of likely N-dealkylation sites (tertiary alicyclic amines) is 1. The molecule has 0 amide bonds. The van der Waals surface area contributed by atoms with Gasteiger partial charge in [-0.1, -0.05) is 6.07 Å². The molecule has 3 fully saturated rings. The lowest BCUT2D eigenvalue weighted by molar-refractivity contribution is -0.137. The Morgan fingerprint density at radius 1 is 0.868 bits per heavy atom. The van der Waals surface area contributed by atoms with Gasteiger partial charge >= 0.3 is 6.18 Å². The highest BCUT2D eigenvalue weighted by molar-refractivity contribution is 7.89. The number of sulfonamides is 1. The molecule has 0 aliphatic carbocycles. The number of alkyl halides is 3. The third-order valence-electron chi connectivity index (χ3n) is 8.08. The zero-order chi connectivity index (χ0) is 27.1. The molecule has 38 heavy (non-hydrogen) atoms. The normalized spacial score (nSPS) is 22.8. The molecule has 2 aromatic rings. The first kappa shape index (κ1) is 27.2. The van der Waals surface area contributed by atoms with E-state index in [1.807, 2.05) is 6.07 Å². The van der Waals surface area contributed by atoms with E-state index in [1.165, 1.54) is 35.1 Å². The summed E-state index contributed by atoms with van der Waals surface area (Å²) in [6.45, 7) is 5.94. The Balaban J connectivity index is 1.28. The van der Waals surface area contributed by atoms with Gasteiger partial charge in [0.15, 0.2) is 0 Å². The van der Waals surface area contributed by atoms with Crippen LogP contribution in [-0.4, -0.2) is 75.5 Å². The van der Waals surface area contributed by atoms with Crippen LogP contribution in [0.3, 0.4) is 0 Å². The molecule has 208 valence electrons. The van der Waals surface area contributed by atoms with Gasteiger partial charge in [-0.25, -0.2) is 12.8 Å². The molecule has 3 aliphatic rings. The first-order valence-electron chi connectivity index (χ1n) is 13.3. The maximum absolute atomic E-state index is 13.6. The van der Waals surface area contributed by atoms with E-state index in [0.717, 1.165) is 43.8 Å². The SMILES string of the molecule is C[C@@H]1CN(c2ccc(F)cc2C(F)(F)F)CCN1S(=O)(=O)c1cccc(N2CCC(N3CCCC3)CC2)c1. The summed E-state index contributed by atoms with van der Waals surface area (Å²) in [4.78, 5) is 6.48. The van der Waals surface area contributed by atoms with Crippen LogP contribution >= 0.6 is 0 Å². The van der Waals surface area contributed by atoms with Crippen LogP contribution in [0.2, 0.25) is 0 Å². The molecule has 0 radical (unpaired) electrons. The van der Waals surface area contributed by atoms with Crippen molar-refractivity contribution in [2.24, 2.45) is 0 Å². The maximum atomic E-state index is 13.6. The first-order chi connectivity index (χ1) is 18.0. The summed E-state index contributed by atoms with van der Waals surface area (Å²) < 4.78 is 82.8. The molecule has 0 aromatic heterocycles. The van der Waals surface area contributed by atoms with Gasteiger partial charge in [-0.2, -0.15) is 17.5 Å². The summed E-state index contributed by atoms with van der Waals surface area (Å²) in [6.07, 6.45) is -0.0772. The number of hydrogen-bond donors (Lipinski definition) is 0. The van der Waals surface area contributed by atoms with Crippen LogP contribution in [-0.2, 0) is 16.2 Å². The Labute approximate surface area is 221 Å². The van der Waals surface area contributed by atoms with Gasteiger partial charge in [0.25, 0.3) is 0 Å². The van der Waals surface area contributed by atoms with Gasteiger partial charge in [-0.05, 0) is 82.1 Å². The van der Waals surface area contributed by atoms with Crippen molar-refractivity contribution < 1.29 is 26.0 Å². The highest BCUT2D eigenvalue weighted by Crippen LogP contribution is 2.38. The van der Waals surface area contributed by atoms with Crippen LogP contribution in [0.4, 0.5) is 28.9 Å². The zero-order valence-electron chi connectivity index (χ0n) is 21.5. The molecular weight excluding hydrogens is 520 g/mol. The molecule has 1 atom stereocenters. The summed E-state index contributed by atoms with van der Waals surface area (Å²) in [7, 11) is -3.86. The number of benzene rings is 2. The van der Waals surface area contributed by atoms with Gasteiger partial charge in [0.1, 0.15) is 5.82 Å². The smallest absolute Gasteiger partial charge is 0.371 e. The Kier molecular flexibility index (Phi) is 7.63. The van der Waals surface area contributed by atoms with Crippen molar-refractivity contribution in [3.8, 4) is 0 Å². The number of piperidine rings is 1. The van der Waals surface area contributed by atoms with Crippen LogP contribution in [0.15, 0.2) is 47.4 Å². The van der Waals surface area contributed by atoms with Crippen LogP contribution in [0, 0.1) is 5.82 Å². The highest BCUT2D eigenvalue weighted by Gasteiger charge is 2.39. The lowest BCUT2D eigenvalue weighted by Gasteiger charge is -2.41. The lowest BCUT2D eigenvalue weighted by Crippen LogP contribution is -2.54. The number of piperazine rings is 1. The van der Waals surface area contributed by atoms with Crippen molar-refractivity contribution in [3.63, 3.8) is 0 Å². The van der Waals surface area contributed by atoms with Crippen molar-refractivity contribution >= 4 is 21.4 Å². The third kappa shape index (κ3) is 5.51. The van der Waals surface area contributed by atoms with Gasteiger partial charge in [0, 0.05) is 56.2 Å². The fourth-order valence-corrected chi connectivity index (χ4v) is 7.75. The van der Waals surface area contributed by atoms with E-state index < -0.39 is 33.6 Å². The number of anilines is 2. The average Bonchev–Trinajstić information content (AvgIpc) is 3.43. The van der Waals surface area contributed by atoms with E-state index in [2.05, 4.69) is 9.80 Å². The molecule has 0 unspecified atom stereocenters. The fraction of sp³-hybridized carbons (Fsp3) is 0.556. The summed E-state index contributed by atoms with van der Waals surface area (Å²) in [5, 5.41) is 0. The van der Waals surface area contributed by atoms with Gasteiger partial charge in [-0.15, -0.1) is 0 Å². The van der Waals surface area contributed by atoms with Crippen LogP contribution in [0.1, 0.15) is 38.2 Å². The third-order valence-corrected chi connectivity index (χ3v) is 10.1. The minimum atomic E-state index is -4.72. The van der Waals surface area contributed by atoms with E-state index in [9.17, 15) is 26.0 Å². The maximum Gasteiger partial charge on any atom is 0.418 e. The molecule has 5 rings (SSSR count). The second-order valence-electron chi connectivity index (χ2n) is 10.5. The predicted octanol–water partition coefficient (Wildman–Crippen LogP) is 4.81. The predicted molar refractivity (Wildman–Crippen MR) is 139 cm³/mol. The molecule has 11 heteroatoms. The van der Waals surface area contributed by atoms with E-state index in [1.54, 1.807) is 25.1 Å². The van der Waals surface area contributed by atoms with Crippen molar-refractivity contribution in [3.05, 3.63) is 53.8 Å². The molecule has 6 nitrogen and oxygen atoms in total. The van der Waals surface area contributed by atoms with E-state index >= 15 is 0 Å². The molecule has 3 heterocycles. The van der Waals surface area contributed by atoms with E-state index in [-0.39, 0.29) is 30.2 Å². The fourth-order valence-electron chi connectivity index (χ4n) is 6.10. The number of halogens is 4. The lowest BCUT2D eigenvalue weighted by atomic mass is 10.0. The summed E-state index contributed by atoms with van der Waals surface area (Å²) in [5.41, 5.74) is -0.317. The second-order valence-corrected chi connectivity index (χ2v) is 12.4. The van der Waals surface area contributed by atoms with Crippen molar-refractivity contribution in [2.45, 2.75) is 55.8 Å². The summed E-state index contributed by atoms with van der Waals surface area (Å²) >= 11 is 0. The van der Waals surface area contributed by atoms with Gasteiger partial charge in [-0.3, -0.25) is 0 Å². The number of rotatable bonds is 5. The molecule has 2 aromatic carbocycles. The monoisotopic (exact) mass is 554 g/mol. The Morgan fingerprint density at radius 2 is 1.58 bits per heavy atom. The van der Waals surface area contributed by atoms with E-state index in [4.69, 9.17) is 0 Å². The summed E-state index contributed by atoms with van der Waals surface area (Å²) in [5.74, 6) is -0.963. The Hall–Kier alpha value is -2.37. The zero-order valence-corrected chi connectivity index (χ0v) is 22.3. The van der Waals surface area contributed by atoms with Gasteiger partial charge in [0.2, 0.25) is 10.0 Å². The topological polar surface area (TPSA) is 47.1 Å². The number of hydrogen-bond acceptors (Lipinski definition) is 5. The quantitative estimate of drug-likeness (QED) is 0.497. The average molecular weight is 555 g/mol. The molecular formula is C27H34F4N4O2S. The van der Waals surface area contributed by atoms with Crippen molar-refractivity contribution in [1.82, 2.24) is 9.21 Å².